The van der Waals surface area contributed by atoms with Gasteiger partial charge in [0.25, 0.3) is 5.56 Å². The number of ketones is 1. The molecule has 0 spiro atoms. The van der Waals surface area contributed by atoms with Crippen LogP contribution >= 0.6 is 23.2 Å². The zero-order valence-electron chi connectivity index (χ0n) is 10.7. The Bertz CT molecular complexity index is 724. The van der Waals surface area contributed by atoms with Crippen LogP contribution < -0.4 is 5.56 Å². The summed E-state index contributed by atoms with van der Waals surface area (Å²) in [6.07, 6.45) is 1.56. The van der Waals surface area contributed by atoms with Gasteiger partial charge in [0.15, 0.2) is 0 Å². The molecule has 104 valence electrons. The van der Waals surface area contributed by atoms with Crippen molar-refractivity contribution >= 4 is 29.0 Å². The van der Waals surface area contributed by atoms with E-state index >= 15 is 0 Å². The van der Waals surface area contributed by atoms with E-state index in [1.807, 2.05) is 0 Å². The molecule has 0 aliphatic heterocycles. The molecular weight excluding hydrogens is 299 g/mol. The van der Waals surface area contributed by atoms with Crippen LogP contribution in [0, 0.1) is 6.92 Å². The maximum absolute atomic E-state index is 12.5. The molecule has 0 aliphatic rings. The van der Waals surface area contributed by atoms with Crippen LogP contribution in [0.1, 0.15) is 21.6 Å². The highest BCUT2D eigenvalue weighted by molar-refractivity contribution is 6.41. The zero-order chi connectivity index (χ0) is 14.9. The average Bonchev–Trinajstić information content (AvgIpc) is 2.64. The Labute approximate surface area is 125 Å². The minimum Gasteiger partial charge on any atom is -0.299 e. The standard InChI is InChI=1S/C14H12Cl2N2O2/c1-3-7-18-14(20)11(8(2)17-18)13(19)12-9(15)5-4-6-10(12)16/h3-6,17H,1,7H2,2H3. The Balaban J connectivity index is 2.60. The van der Waals surface area contributed by atoms with Gasteiger partial charge in [-0.15, -0.1) is 6.58 Å². The monoisotopic (exact) mass is 310 g/mol. The number of nitrogens with one attached hydrogen (secondary N) is 1. The summed E-state index contributed by atoms with van der Waals surface area (Å²) in [5.74, 6) is -0.484. The van der Waals surface area contributed by atoms with Gasteiger partial charge in [-0.2, -0.15) is 0 Å². The molecule has 4 nitrogen and oxygen atoms in total. The van der Waals surface area contributed by atoms with Crippen LogP contribution in [0.4, 0.5) is 0 Å². The molecule has 0 bridgehead atoms. The number of hydrogen-bond acceptors (Lipinski definition) is 2. The molecule has 0 amide bonds. The van der Waals surface area contributed by atoms with Crippen molar-refractivity contribution in [2.75, 3.05) is 0 Å². The van der Waals surface area contributed by atoms with E-state index in [4.69, 9.17) is 23.2 Å². The summed E-state index contributed by atoms with van der Waals surface area (Å²) in [6, 6.07) is 4.76. The number of aromatic amines is 1. The fourth-order valence-electron chi connectivity index (χ4n) is 1.97. The van der Waals surface area contributed by atoms with Gasteiger partial charge in [-0.3, -0.25) is 14.7 Å². The van der Waals surface area contributed by atoms with Crippen molar-refractivity contribution in [2.45, 2.75) is 13.5 Å². The molecule has 0 saturated carbocycles. The SMILES string of the molecule is C=CCn1[nH]c(C)c(C(=O)c2c(Cl)cccc2Cl)c1=O. The Kier molecular flexibility index (Phi) is 4.16. The summed E-state index contributed by atoms with van der Waals surface area (Å²) in [5, 5.41) is 3.27. The molecule has 0 atom stereocenters. The van der Waals surface area contributed by atoms with Crippen molar-refractivity contribution in [2.24, 2.45) is 0 Å². The number of aryl methyl sites for hydroxylation is 1. The molecule has 1 heterocycles. The number of aromatic nitrogens is 2. The van der Waals surface area contributed by atoms with Gasteiger partial charge in [0.2, 0.25) is 5.78 Å². The van der Waals surface area contributed by atoms with Crippen LogP contribution in [-0.4, -0.2) is 15.6 Å². The number of halogens is 2. The first-order valence-corrected chi connectivity index (χ1v) is 6.62. The zero-order valence-corrected chi connectivity index (χ0v) is 12.3. The first-order valence-electron chi connectivity index (χ1n) is 5.86. The predicted molar refractivity (Wildman–Crippen MR) is 79.9 cm³/mol. The van der Waals surface area contributed by atoms with Gasteiger partial charge >= 0.3 is 0 Å². The second-order valence-corrected chi connectivity index (χ2v) is 5.06. The topological polar surface area (TPSA) is 54.9 Å². The summed E-state index contributed by atoms with van der Waals surface area (Å²) in [4.78, 5) is 24.7. The number of H-pyrrole nitrogens is 1. The molecule has 1 aromatic heterocycles. The van der Waals surface area contributed by atoms with Crippen LogP contribution in [0.25, 0.3) is 0 Å². The minimum atomic E-state index is -0.484. The third-order valence-electron chi connectivity index (χ3n) is 2.87. The molecule has 2 aromatic rings. The largest absolute Gasteiger partial charge is 0.299 e. The quantitative estimate of drug-likeness (QED) is 0.696. The number of rotatable bonds is 4. The van der Waals surface area contributed by atoms with Crippen molar-refractivity contribution in [1.29, 1.82) is 0 Å². The van der Waals surface area contributed by atoms with Gasteiger partial charge in [0.05, 0.1) is 22.2 Å². The van der Waals surface area contributed by atoms with Gasteiger partial charge in [-0.25, -0.2) is 4.68 Å². The van der Waals surface area contributed by atoms with E-state index in [1.165, 1.54) is 4.68 Å². The molecule has 0 fully saturated rings. The molecule has 0 radical (unpaired) electrons. The Hall–Kier alpha value is -1.78. The van der Waals surface area contributed by atoms with Gasteiger partial charge in [0.1, 0.15) is 5.56 Å². The second kappa shape index (κ2) is 5.69. The van der Waals surface area contributed by atoms with Crippen LogP contribution in [0.5, 0.6) is 0 Å². The summed E-state index contributed by atoms with van der Waals surface area (Å²) >= 11 is 12.0. The predicted octanol–water partition coefficient (Wildman–Crippen LogP) is 3.21. The highest BCUT2D eigenvalue weighted by atomic mass is 35.5. The number of benzene rings is 1. The molecule has 20 heavy (non-hydrogen) atoms. The molecule has 6 heteroatoms. The minimum absolute atomic E-state index is 0.0434. The fourth-order valence-corrected chi connectivity index (χ4v) is 2.54. The highest BCUT2D eigenvalue weighted by Gasteiger charge is 2.23. The van der Waals surface area contributed by atoms with Gasteiger partial charge < -0.3 is 0 Å². The van der Waals surface area contributed by atoms with Crippen molar-refractivity contribution < 1.29 is 4.79 Å². The number of allylic oxidation sites excluding steroid dienone is 1. The van der Waals surface area contributed by atoms with Crippen molar-refractivity contribution in [3.63, 3.8) is 0 Å². The summed E-state index contributed by atoms with van der Waals surface area (Å²) in [6.45, 7) is 5.51. The van der Waals surface area contributed by atoms with Crippen molar-refractivity contribution in [3.8, 4) is 0 Å². The number of hydrogen-bond donors (Lipinski definition) is 1. The fraction of sp³-hybridized carbons (Fsp3) is 0.143. The van der Waals surface area contributed by atoms with E-state index in [0.29, 0.717) is 12.2 Å². The van der Waals surface area contributed by atoms with Crippen LogP contribution in [0.15, 0.2) is 35.6 Å². The van der Waals surface area contributed by atoms with Gasteiger partial charge in [-0.1, -0.05) is 35.3 Å². The summed E-state index contributed by atoms with van der Waals surface area (Å²) < 4.78 is 1.31. The molecule has 1 N–H and O–H groups in total. The molecule has 0 unspecified atom stereocenters. The number of nitrogens with zero attached hydrogens (tertiary/aromatic N) is 1. The molecule has 0 saturated heterocycles. The lowest BCUT2D eigenvalue weighted by Gasteiger charge is -2.04. The Morgan fingerprint density at radius 3 is 2.50 bits per heavy atom. The maximum Gasteiger partial charge on any atom is 0.278 e. The second-order valence-electron chi connectivity index (χ2n) is 4.24. The lowest BCUT2D eigenvalue weighted by atomic mass is 10.0. The Morgan fingerprint density at radius 1 is 1.35 bits per heavy atom. The summed E-state index contributed by atoms with van der Waals surface area (Å²) in [7, 11) is 0. The number of carbonyl (C=O) groups is 1. The first-order chi connectivity index (χ1) is 9.47. The maximum atomic E-state index is 12.5. The first kappa shape index (κ1) is 14.6. The van der Waals surface area contributed by atoms with E-state index in [9.17, 15) is 9.59 Å². The highest BCUT2D eigenvalue weighted by Crippen LogP contribution is 2.26. The van der Waals surface area contributed by atoms with Crippen molar-refractivity contribution in [3.05, 3.63) is 68.1 Å². The average molecular weight is 311 g/mol. The Morgan fingerprint density at radius 2 is 1.95 bits per heavy atom. The van der Waals surface area contributed by atoms with E-state index in [-0.39, 0.29) is 21.2 Å². The summed E-state index contributed by atoms with van der Waals surface area (Å²) in [5.41, 5.74) is 0.240. The van der Waals surface area contributed by atoms with E-state index in [2.05, 4.69) is 11.7 Å². The van der Waals surface area contributed by atoms with E-state index in [0.717, 1.165) is 0 Å². The van der Waals surface area contributed by atoms with Crippen molar-refractivity contribution in [1.82, 2.24) is 9.78 Å². The van der Waals surface area contributed by atoms with Crippen LogP contribution in [0.3, 0.4) is 0 Å². The normalized spacial score (nSPS) is 10.6. The third-order valence-corrected chi connectivity index (χ3v) is 3.50. The van der Waals surface area contributed by atoms with Gasteiger partial charge in [0, 0.05) is 5.69 Å². The molecule has 2 rings (SSSR count). The molecule has 1 aromatic carbocycles. The van der Waals surface area contributed by atoms with E-state index in [1.54, 1.807) is 31.2 Å². The molecule has 0 aliphatic carbocycles. The van der Waals surface area contributed by atoms with Gasteiger partial charge in [-0.05, 0) is 19.1 Å². The van der Waals surface area contributed by atoms with Crippen LogP contribution in [0.2, 0.25) is 10.0 Å². The third kappa shape index (κ3) is 2.44. The lowest BCUT2D eigenvalue weighted by Crippen LogP contribution is -2.22. The smallest absolute Gasteiger partial charge is 0.278 e. The molecular formula is C14H12Cl2N2O2. The number of carbonyl (C=O) groups excluding carboxylic acids is 1. The lowest BCUT2D eigenvalue weighted by molar-refractivity contribution is 0.103. The van der Waals surface area contributed by atoms with Crippen LogP contribution in [-0.2, 0) is 6.54 Å². The van der Waals surface area contributed by atoms with E-state index < -0.39 is 11.3 Å².